The van der Waals surface area contributed by atoms with Crippen LogP contribution in [0.2, 0.25) is 0 Å². The van der Waals surface area contributed by atoms with Gasteiger partial charge in [0.2, 0.25) is 0 Å². The highest BCUT2D eigenvalue weighted by molar-refractivity contribution is 5.27. The Morgan fingerprint density at radius 3 is 2.36 bits per heavy atom. The van der Waals surface area contributed by atoms with Crippen LogP contribution in [0.3, 0.4) is 0 Å². The molecule has 0 aliphatic heterocycles. The maximum Gasteiger partial charge on any atom is 0.118 e. The minimum atomic E-state index is 0. The second kappa shape index (κ2) is 7.65. The second-order valence-corrected chi connectivity index (χ2v) is 3.15. The van der Waals surface area contributed by atoms with Crippen LogP contribution in [0.5, 0.6) is 5.75 Å². The van der Waals surface area contributed by atoms with E-state index in [0.717, 1.165) is 12.2 Å². The lowest BCUT2D eigenvalue weighted by Crippen LogP contribution is -3.00. The fourth-order valence-electron chi connectivity index (χ4n) is 1.30. The number of nitrogens with two attached hydrogens (primary N) is 1. The molecule has 3 heteroatoms. The molecule has 2 N–H and O–H groups in total. The highest BCUT2D eigenvalue weighted by Crippen LogP contribution is 2.11. The average molecular weight is 216 g/mol. The first-order valence-corrected chi connectivity index (χ1v) is 4.77. The van der Waals surface area contributed by atoms with Crippen molar-refractivity contribution in [1.82, 2.24) is 0 Å². The van der Waals surface area contributed by atoms with Gasteiger partial charge in [0.1, 0.15) is 5.75 Å². The van der Waals surface area contributed by atoms with Gasteiger partial charge in [0, 0.05) is 6.42 Å². The largest absolute Gasteiger partial charge is 1.00 e. The quantitative estimate of drug-likeness (QED) is 0.556. The standard InChI is InChI=1S/C11H17NO.ClH/c1-12-9-3-4-10-5-7-11(13-2)8-6-10;/h5-8,12H,3-4,9H2,1-2H3;1H. The smallest absolute Gasteiger partial charge is 0.118 e. The Morgan fingerprint density at radius 1 is 1.21 bits per heavy atom. The summed E-state index contributed by atoms with van der Waals surface area (Å²) in [5.74, 6) is 0.936. The van der Waals surface area contributed by atoms with Gasteiger partial charge in [-0.15, -0.1) is 0 Å². The topological polar surface area (TPSA) is 25.8 Å². The molecule has 0 radical (unpaired) electrons. The van der Waals surface area contributed by atoms with Crippen LogP contribution >= 0.6 is 0 Å². The molecule has 1 rings (SSSR count). The summed E-state index contributed by atoms with van der Waals surface area (Å²) in [6, 6.07) is 8.30. The van der Waals surface area contributed by atoms with Crippen molar-refractivity contribution >= 4 is 0 Å². The van der Waals surface area contributed by atoms with Gasteiger partial charge in [-0.05, 0) is 24.1 Å². The van der Waals surface area contributed by atoms with Crippen LogP contribution in [0.15, 0.2) is 24.3 Å². The van der Waals surface area contributed by atoms with Crippen molar-refractivity contribution in [2.75, 3.05) is 20.7 Å². The first kappa shape index (κ1) is 13.3. The number of hydrogen-bond acceptors (Lipinski definition) is 1. The van der Waals surface area contributed by atoms with E-state index < -0.39 is 0 Å². The van der Waals surface area contributed by atoms with E-state index >= 15 is 0 Å². The molecule has 2 nitrogen and oxygen atoms in total. The predicted octanol–water partition coefficient (Wildman–Crippen LogP) is -2.17. The third-order valence-electron chi connectivity index (χ3n) is 2.12. The number of rotatable bonds is 5. The number of ether oxygens (including phenoxy) is 1. The zero-order valence-electron chi connectivity index (χ0n) is 8.79. The SMILES string of the molecule is C[NH2+]CCCc1ccc(OC)cc1.[Cl-]. The first-order valence-electron chi connectivity index (χ1n) is 4.77. The number of methoxy groups -OCH3 is 1. The van der Waals surface area contributed by atoms with Crippen molar-refractivity contribution in [3.8, 4) is 5.75 Å². The van der Waals surface area contributed by atoms with E-state index in [1.807, 2.05) is 12.1 Å². The Morgan fingerprint density at radius 2 is 1.86 bits per heavy atom. The number of aryl methyl sites for hydroxylation is 1. The predicted molar refractivity (Wildman–Crippen MR) is 54.0 cm³/mol. The average Bonchev–Trinajstić information content (AvgIpc) is 2.19. The van der Waals surface area contributed by atoms with E-state index in [-0.39, 0.29) is 12.4 Å². The normalized spacial score (nSPS) is 9.29. The number of hydrogen-bond donors (Lipinski definition) is 1. The monoisotopic (exact) mass is 215 g/mol. The van der Waals surface area contributed by atoms with E-state index in [0.29, 0.717) is 0 Å². The van der Waals surface area contributed by atoms with Gasteiger partial charge in [0.25, 0.3) is 0 Å². The highest BCUT2D eigenvalue weighted by Gasteiger charge is 1.94. The van der Waals surface area contributed by atoms with E-state index in [1.165, 1.54) is 18.5 Å². The molecule has 0 fully saturated rings. The summed E-state index contributed by atoms with van der Waals surface area (Å²) in [4.78, 5) is 0. The van der Waals surface area contributed by atoms with Crippen molar-refractivity contribution in [1.29, 1.82) is 0 Å². The molecule has 0 heterocycles. The minimum absolute atomic E-state index is 0. The second-order valence-electron chi connectivity index (χ2n) is 3.15. The molecule has 0 bridgehead atoms. The lowest BCUT2D eigenvalue weighted by Gasteiger charge is -2.02. The van der Waals surface area contributed by atoms with Crippen molar-refractivity contribution < 1.29 is 22.5 Å². The van der Waals surface area contributed by atoms with Crippen molar-refractivity contribution in [2.24, 2.45) is 0 Å². The molecule has 14 heavy (non-hydrogen) atoms. The van der Waals surface area contributed by atoms with Crippen LogP contribution in [0.1, 0.15) is 12.0 Å². The summed E-state index contributed by atoms with van der Waals surface area (Å²) < 4.78 is 5.09. The van der Waals surface area contributed by atoms with Gasteiger partial charge in [0.05, 0.1) is 20.7 Å². The first-order chi connectivity index (χ1) is 6.36. The van der Waals surface area contributed by atoms with E-state index in [1.54, 1.807) is 7.11 Å². The highest BCUT2D eigenvalue weighted by atomic mass is 35.5. The van der Waals surface area contributed by atoms with Gasteiger partial charge in [0.15, 0.2) is 0 Å². The van der Waals surface area contributed by atoms with Crippen LogP contribution in [-0.2, 0) is 6.42 Å². The van der Waals surface area contributed by atoms with E-state index in [4.69, 9.17) is 4.74 Å². The molecule has 0 aliphatic carbocycles. The zero-order valence-corrected chi connectivity index (χ0v) is 9.55. The number of quaternary nitrogens is 1. The van der Waals surface area contributed by atoms with Gasteiger partial charge in [-0.2, -0.15) is 0 Å². The Hall–Kier alpha value is -0.730. The molecular weight excluding hydrogens is 198 g/mol. The number of benzene rings is 1. The molecule has 0 aliphatic rings. The lowest BCUT2D eigenvalue weighted by molar-refractivity contribution is -0.627. The van der Waals surface area contributed by atoms with Gasteiger partial charge < -0.3 is 22.5 Å². The Kier molecular flexibility index (Phi) is 7.25. The summed E-state index contributed by atoms with van der Waals surface area (Å²) >= 11 is 0. The number of halogens is 1. The van der Waals surface area contributed by atoms with Gasteiger partial charge in [-0.1, -0.05) is 12.1 Å². The molecule has 0 amide bonds. The minimum Gasteiger partial charge on any atom is -1.00 e. The summed E-state index contributed by atoms with van der Waals surface area (Å²) in [5.41, 5.74) is 1.39. The lowest BCUT2D eigenvalue weighted by atomic mass is 10.1. The van der Waals surface area contributed by atoms with Crippen molar-refractivity contribution in [3.63, 3.8) is 0 Å². The molecule has 80 valence electrons. The van der Waals surface area contributed by atoms with Crippen molar-refractivity contribution in [3.05, 3.63) is 29.8 Å². The fourth-order valence-corrected chi connectivity index (χ4v) is 1.30. The molecule has 1 aromatic carbocycles. The fraction of sp³-hybridized carbons (Fsp3) is 0.455. The third kappa shape index (κ3) is 4.49. The van der Waals surface area contributed by atoms with Crippen LogP contribution in [-0.4, -0.2) is 20.7 Å². The Labute approximate surface area is 92.1 Å². The Balaban J connectivity index is 0.00000169. The molecule has 1 aromatic rings. The molecule has 0 aromatic heterocycles. The molecular formula is C11H18ClNO. The van der Waals surface area contributed by atoms with Crippen LogP contribution in [0.4, 0.5) is 0 Å². The van der Waals surface area contributed by atoms with Gasteiger partial charge in [-0.3, -0.25) is 0 Å². The van der Waals surface area contributed by atoms with Crippen molar-refractivity contribution in [2.45, 2.75) is 12.8 Å². The van der Waals surface area contributed by atoms with E-state index in [2.05, 4.69) is 24.5 Å². The van der Waals surface area contributed by atoms with Crippen LogP contribution < -0.4 is 22.5 Å². The molecule has 0 saturated heterocycles. The maximum atomic E-state index is 5.09. The van der Waals surface area contributed by atoms with Gasteiger partial charge in [-0.25, -0.2) is 0 Å². The van der Waals surface area contributed by atoms with Gasteiger partial charge >= 0.3 is 0 Å². The summed E-state index contributed by atoms with van der Waals surface area (Å²) in [6.07, 6.45) is 2.40. The van der Waals surface area contributed by atoms with E-state index in [9.17, 15) is 0 Å². The summed E-state index contributed by atoms with van der Waals surface area (Å²) in [5, 5.41) is 2.21. The molecule has 0 atom stereocenters. The zero-order chi connectivity index (χ0) is 9.52. The Bertz CT molecular complexity index is 236. The third-order valence-corrected chi connectivity index (χ3v) is 2.12. The summed E-state index contributed by atoms with van der Waals surface area (Å²) in [6.45, 7) is 1.20. The van der Waals surface area contributed by atoms with Crippen LogP contribution in [0.25, 0.3) is 0 Å². The molecule has 0 saturated carbocycles. The molecule has 0 unspecified atom stereocenters. The molecule has 0 spiro atoms. The summed E-state index contributed by atoms with van der Waals surface area (Å²) in [7, 11) is 3.80. The van der Waals surface area contributed by atoms with Crippen LogP contribution in [0, 0.1) is 0 Å². The maximum absolute atomic E-state index is 5.09.